The number of nitrogens with zero attached hydrogens (tertiary/aromatic N) is 5. The molecule has 1 aliphatic rings. The number of hydrogen-bond acceptors (Lipinski definition) is 3. The topological polar surface area (TPSA) is 54.3 Å². The normalized spacial score (nSPS) is 15.4. The number of likely N-dealkylation sites (tertiary alicyclic amines) is 1. The van der Waals surface area contributed by atoms with Crippen LogP contribution in [0.15, 0.2) is 30.7 Å². The van der Waals surface area contributed by atoms with Gasteiger partial charge in [0.25, 0.3) is 0 Å². The van der Waals surface area contributed by atoms with Gasteiger partial charge < -0.3 is 14.4 Å². The van der Waals surface area contributed by atoms with Crippen LogP contribution >= 0.6 is 0 Å². The van der Waals surface area contributed by atoms with Gasteiger partial charge in [0.15, 0.2) is 0 Å². The van der Waals surface area contributed by atoms with Gasteiger partial charge in [-0.2, -0.15) is 0 Å². The van der Waals surface area contributed by atoms with E-state index in [1.807, 2.05) is 42.0 Å². The van der Waals surface area contributed by atoms with Crippen molar-refractivity contribution in [1.29, 1.82) is 0 Å². The van der Waals surface area contributed by atoms with Gasteiger partial charge in [-0.3, -0.25) is 4.98 Å². The van der Waals surface area contributed by atoms with E-state index in [0.717, 1.165) is 50.4 Å². The highest BCUT2D eigenvalue weighted by Gasteiger charge is 2.28. The minimum absolute atomic E-state index is 0.167. The van der Waals surface area contributed by atoms with Gasteiger partial charge in [-0.15, -0.1) is 0 Å². The van der Waals surface area contributed by atoms with Crippen molar-refractivity contribution in [2.45, 2.75) is 39.7 Å². The Balaban J connectivity index is 1.74. The van der Waals surface area contributed by atoms with Crippen LogP contribution in [0, 0.1) is 6.92 Å². The third-order valence-corrected chi connectivity index (χ3v) is 5.05. The number of imidazole rings is 1. The standard InChI is InChI=1S/C19H27N5O/c1-4-22(5-2)19(25)23-12-8-17(9-13-23)24-15(3)14-21-18(24)16-6-10-20-11-7-16/h6-7,10-11,14,17H,4-5,8-9,12-13H2,1-3H3. The lowest BCUT2D eigenvalue weighted by Gasteiger charge is -2.36. The van der Waals surface area contributed by atoms with E-state index in [1.54, 1.807) is 12.4 Å². The summed E-state index contributed by atoms with van der Waals surface area (Å²) in [7, 11) is 0. The zero-order valence-corrected chi connectivity index (χ0v) is 15.4. The Morgan fingerprint density at radius 3 is 2.44 bits per heavy atom. The van der Waals surface area contributed by atoms with E-state index in [-0.39, 0.29) is 6.03 Å². The molecule has 0 unspecified atom stereocenters. The second-order valence-electron chi connectivity index (χ2n) is 6.50. The maximum atomic E-state index is 12.5. The molecule has 1 fully saturated rings. The predicted octanol–water partition coefficient (Wildman–Crippen LogP) is 3.35. The van der Waals surface area contributed by atoms with Crippen molar-refractivity contribution in [2.75, 3.05) is 26.2 Å². The largest absolute Gasteiger partial charge is 0.325 e. The van der Waals surface area contributed by atoms with Crippen LogP contribution in [0.1, 0.15) is 38.4 Å². The summed E-state index contributed by atoms with van der Waals surface area (Å²) in [5, 5.41) is 0. The molecular formula is C19H27N5O. The van der Waals surface area contributed by atoms with Gasteiger partial charge in [0, 0.05) is 62.1 Å². The lowest BCUT2D eigenvalue weighted by atomic mass is 10.0. The zero-order chi connectivity index (χ0) is 17.8. The highest BCUT2D eigenvalue weighted by Crippen LogP contribution is 2.30. The summed E-state index contributed by atoms with van der Waals surface area (Å²) in [6.45, 7) is 9.30. The third kappa shape index (κ3) is 3.52. The van der Waals surface area contributed by atoms with Gasteiger partial charge >= 0.3 is 6.03 Å². The molecule has 2 aromatic rings. The van der Waals surface area contributed by atoms with Crippen molar-refractivity contribution in [1.82, 2.24) is 24.3 Å². The number of carbonyl (C=O) groups is 1. The van der Waals surface area contributed by atoms with Crippen molar-refractivity contribution in [2.24, 2.45) is 0 Å². The molecule has 6 heteroatoms. The van der Waals surface area contributed by atoms with Crippen LogP contribution < -0.4 is 0 Å². The minimum atomic E-state index is 0.167. The maximum absolute atomic E-state index is 12.5. The summed E-state index contributed by atoms with van der Waals surface area (Å²) in [6, 6.07) is 4.54. The van der Waals surface area contributed by atoms with Crippen molar-refractivity contribution < 1.29 is 4.79 Å². The molecule has 0 radical (unpaired) electrons. The summed E-state index contributed by atoms with van der Waals surface area (Å²) in [4.78, 5) is 25.1. The number of rotatable bonds is 4. The van der Waals surface area contributed by atoms with Crippen molar-refractivity contribution in [3.05, 3.63) is 36.4 Å². The number of piperidine rings is 1. The van der Waals surface area contributed by atoms with E-state index in [9.17, 15) is 4.79 Å². The van der Waals surface area contributed by atoms with E-state index < -0.39 is 0 Å². The molecule has 2 aromatic heterocycles. The first-order valence-electron chi connectivity index (χ1n) is 9.13. The van der Waals surface area contributed by atoms with Gasteiger partial charge in [-0.05, 0) is 45.7 Å². The van der Waals surface area contributed by atoms with E-state index >= 15 is 0 Å². The Labute approximate surface area is 149 Å². The molecule has 0 N–H and O–H groups in total. The lowest BCUT2D eigenvalue weighted by Crippen LogP contribution is -2.46. The first-order valence-corrected chi connectivity index (χ1v) is 9.13. The second-order valence-corrected chi connectivity index (χ2v) is 6.50. The Bertz CT molecular complexity index is 700. The fourth-order valence-corrected chi connectivity index (χ4v) is 3.63. The molecule has 3 rings (SSSR count). The highest BCUT2D eigenvalue weighted by molar-refractivity contribution is 5.74. The minimum Gasteiger partial charge on any atom is -0.325 e. The molecule has 25 heavy (non-hydrogen) atoms. The van der Waals surface area contributed by atoms with Crippen molar-refractivity contribution in [3.63, 3.8) is 0 Å². The van der Waals surface area contributed by atoms with Gasteiger partial charge in [0.2, 0.25) is 0 Å². The fraction of sp³-hybridized carbons (Fsp3) is 0.526. The van der Waals surface area contributed by atoms with Crippen LogP contribution in [-0.4, -0.2) is 56.5 Å². The number of pyridine rings is 1. The third-order valence-electron chi connectivity index (χ3n) is 5.05. The SMILES string of the molecule is CCN(CC)C(=O)N1CCC(n2c(C)cnc2-c2ccncc2)CC1. The molecular weight excluding hydrogens is 314 g/mol. The van der Waals surface area contributed by atoms with E-state index in [2.05, 4.69) is 21.5 Å². The Kier molecular flexibility index (Phi) is 5.36. The second kappa shape index (κ2) is 7.68. The van der Waals surface area contributed by atoms with Crippen LogP contribution in [0.3, 0.4) is 0 Å². The molecule has 134 valence electrons. The van der Waals surface area contributed by atoms with Crippen LogP contribution in [0.25, 0.3) is 11.4 Å². The molecule has 0 atom stereocenters. The number of aryl methyl sites for hydroxylation is 1. The number of amides is 2. The number of aromatic nitrogens is 3. The van der Waals surface area contributed by atoms with Gasteiger partial charge in [-0.1, -0.05) is 0 Å². The van der Waals surface area contributed by atoms with Crippen molar-refractivity contribution in [3.8, 4) is 11.4 Å². The lowest BCUT2D eigenvalue weighted by molar-refractivity contribution is 0.137. The van der Waals surface area contributed by atoms with Crippen LogP contribution in [0.5, 0.6) is 0 Å². The summed E-state index contributed by atoms with van der Waals surface area (Å²) < 4.78 is 2.33. The quantitative estimate of drug-likeness (QED) is 0.857. The average Bonchev–Trinajstić information content (AvgIpc) is 3.05. The summed E-state index contributed by atoms with van der Waals surface area (Å²) >= 11 is 0. The molecule has 6 nitrogen and oxygen atoms in total. The number of hydrogen-bond donors (Lipinski definition) is 0. The number of carbonyl (C=O) groups excluding carboxylic acids is 1. The molecule has 0 aromatic carbocycles. The Morgan fingerprint density at radius 2 is 1.84 bits per heavy atom. The zero-order valence-electron chi connectivity index (χ0n) is 15.4. The molecule has 0 spiro atoms. The maximum Gasteiger partial charge on any atom is 0.319 e. The van der Waals surface area contributed by atoms with Gasteiger partial charge in [0.05, 0.1) is 0 Å². The highest BCUT2D eigenvalue weighted by atomic mass is 16.2. The van der Waals surface area contributed by atoms with Crippen LogP contribution in [0.4, 0.5) is 4.79 Å². The first kappa shape index (κ1) is 17.5. The number of urea groups is 1. The fourth-order valence-electron chi connectivity index (χ4n) is 3.63. The average molecular weight is 341 g/mol. The summed E-state index contributed by atoms with van der Waals surface area (Å²) in [5.74, 6) is 0.994. The Morgan fingerprint density at radius 1 is 1.20 bits per heavy atom. The molecule has 1 saturated heterocycles. The summed E-state index contributed by atoms with van der Waals surface area (Å²) in [5.41, 5.74) is 2.25. The van der Waals surface area contributed by atoms with E-state index in [4.69, 9.17) is 0 Å². The van der Waals surface area contributed by atoms with Crippen molar-refractivity contribution >= 4 is 6.03 Å². The van der Waals surface area contributed by atoms with E-state index in [1.165, 1.54) is 5.69 Å². The van der Waals surface area contributed by atoms with Crippen LogP contribution in [-0.2, 0) is 0 Å². The van der Waals surface area contributed by atoms with Gasteiger partial charge in [0.1, 0.15) is 5.82 Å². The smallest absolute Gasteiger partial charge is 0.319 e. The molecule has 1 aliphatic heterocycles. The predicted molar refractivity (Wildman–Crippen MR) is 98.4 cm³/mol. The first-order chi connectivity index (χ1) is 12.2. The molecule has 3 heterocycles. The van der Waals surface area contributed by atoms with Gasteiger partial charge in [-0.25, -0.2) is 9.78 Å². The Hall–Kier alpha value is -2.37. The monoisotopic (exact) mass is 341 g/mol. The van der Waals surface area contributed by atoms with E-state index in [0.29, 0.717) is 6.04 Å². The molecule has 0 saturated carbocycles. The molecule has 2 amide bonds. The summed E-state index contributed by atoms with van der Waals surface area (Å²) in [6.07, 6.45) is 7.46. The van der Waals surface area contributed by atoms with Crippen LogP contribution in [0.2, 0.25) is 0 Å². The molecule has 0 bridgehead atoms. The molecule has 0 aliphatic carbocycles.